The molecule has 0 spiro atoms. The summed E-state index contributed by atoms with van der Waals surface area (Å²) in [6.07, 6.45) is 0. The summed E-state index contributed by atoms with van der Waals surface area (Å²) in [6, 6.07) is 86.2. The van der Waals surface area contributed by atoms with Crippen LogP contribution in [0.2, 0.25) is 0 Å². The van der Waals surface area contributed by atoms with Gasteiger partial charge in [0, 0.05) is 17.1 Å². The average Bonchev–Trinajstić information content (AvgIpc) is 3.32. The van der Waals surface area contributed by atoms with Gasteiger partial charge in [-0.3, -0.25) is 0 Å². The van der Waals surface area contributed by atoms with E-state index in [0.29, 0.717) is 0 Å². The minimum atomic E-state index is 1.10. The van der Waals surface area contributed by atoms with Crippen LogP contribution in [0.3, 0.4) is 0 Å². The van der Waals surface area contributed by atoms with Gasteiger partial charge in [0.25, 0.3) is 0 Å². The standard InChI is InChI=1S/C58H39N/c1-3-14-40(15-4-1)45-19-13-20-46(38-45)41-26-31-47(32-27-41)59(49-35-37-56-54-24-10-9-22-52(54)53-23-11-12-25-55(53)57(56)39-49)48-33-28-43(29-34-48)51-36-30-42-16-7-8-21-50(42)58(51)44-17-5-2-6-18-44/h1-39H. The van der Waals surface area contributed by atoms with Crippen LogP contribution in [0.15, 0.2) is 237 Å². The van der Waals surface area contributed by atoms with Crippen molar-refractivity contribution >= 4 is 60.2 Å². The second kappa shape index (κ2) is 14.6. The number of hydrogen-bond donors (Lipinski definition) is 0. The van der Waals surface area contributed by atoms with Gasteiger partial charge >= 0.3 is 0 Å². The molecule has 0 unspecified atom stereocenters. The summed E-state index contributed by atoms with van der Waals surface area (Å²) in [5.41, 5.74) is 13.0. The number of anilines is 3. The molecule has 0 radical (unpaired) electrons. The third kappa shape index (κ3) is 6.21. The Kier molecular flexibility index (Phi) is 8.56. The van der Waals surface area contributed by atoms with Gasteiger partial charge in [-0.2, -0.15) is 0 Å². The Balaban J connectivity index is 1.06. The highest BCUT2D eigenvalue weighted by molar-refractivity contribution is 6.25. The first-order valence-electron chi connectivity index (χ1n) is 20.3. The van der Waals surface area contributed by atoms with Gasteiger partial charge in [0.05, 0.1) is 0 Å². The summed E-state index contributed by atoms with van der Waals surface area (Å²) in [5.74, 6) is 0. The van der Waals surface area contributed by atoms with Gasteiger partial charge in [0.15, 0.2) is 0 Å². The first-order valence-corrected chi connectivity index (χ1v) is 20.3. The van der Waals surface area contributed by atoms with Gasteiger partial charge < -0.3 is 4.90 Å². The SMILES string of the molecule is c1ccc(-c2cccc(-c3ccc(N(c4ccc(-c5ccc6ccccc6c5-c5ccccc5)cc4)c4ccc5c6ccccc6c6ccccc6c5c4)cc3)c2)cc1. The van der Waals surface area contributed by atoms with Crippen molar-refractivity contribution < 1.29 is 0 Å². The number of nitrogens with zero attached hydrogens (tertiary/aromatic N) is 1. The zero-order valence-electron chi connectivity index (χ0n) is 32.5. The molecule has 11 rings (SSSR count). The Morgan fingerprint density at radius 2 is 0.661 bits per heavy atom. The molecule has 0 aliphatic rings. The van der Waals surface area contributed by atoms with E-state index in [9.17, 15) is 0 Å². The number of hydrogen-bond acceptors (Lipinski definition) is 1. The van der Waals surface area contributed by atoms with Gasteiger partial charge in [-0.15, -0.1) is 0 Å². The maximum absolute atomic E-state index is 2.40. The molecule has 59 heavy (non-hydrogen) atoms. The van der Waals surface area contributed by atoms with Crippen molar-refractivity contribution in [3.63, 3.8) is 0 Å². The largest absolute Gasteiger partial charge is 0.310 e. The number of rotatable bonds is 7. The quantitative estimate of drug-likeness (QED) is 0.147. The fourth-order valence-corrected chi connectivity index (χ4v) is 9.01. The summed E-state index contributed by atoms with van der Waals surface area (Å²) in [7, 11) is 0. The Hall–Kier alpha value is -7.74. The summed E-state index contributed by atoms with van der Waals surface area (Å²) in [4.78, 5) is 2.40. The molecule has 0 aliphatic carbocycles. The smallest absolute Gasteiger partial charge is 0.0468 e. The van der Waals surface area contributed by atoms with Crippen molar-refractivity contribution in [3.05, 3.63) is 237 Å². The Bertz CT molecular complexity index is 3260. The van der Waals surface area contributed by atoms with E-state index < -0.39 is 0 Å². The molecular weight excluding hydrogens is 711 g/mol. The fourth-order valence-electron chi connectivity index (χ4n) is 9.01. The van der Waals surface area contributed by atoms with Gasteiger partial charge in [0.1, 0.15) is 0 Å². The minimum Gasteiger partial charge on any atom is -0.310 e. The Morgan fingerprint density at radius 1 is 0.220 bits per heavy atom. The monoisotopic (exact) mass is 749 g/mol. The maximum Gasteiger partial charge on any atom is 0.0468 e. The van der Waals surface area contributed by atoms with E-state index >= 15 is 0 Å². The van der Waals surface area contributed by atoms with Crippen molar-refractivity contribution in [1.29, 1.82) is 0 Å². The van der Waals surface area contributed by atoms with E-state index in [1.54, 1.807) is 0 Å². The molecular formula is C58H39N. The molecule has 0 fully saturated rings. The highest BCUT2D eigenvalue weighted by Gasteiger charge is 2.18. The number of benzene rings is 11. The third-order valence-corrected chi connectivity index (χ3v) is 11.8. The molecule has 0 saturated carbocycles. The van der Waals surface area contributed by atoms with Gasteiger partial charge in [-0.05, 0) is 130 Å². The highest BCUT2D eigenvalue weighted by Crippen LogP contribution is 2.43. The molecule has 276 valence electrons. The number of fused-ring (bicyclic) bond motifs is 7. The average molecular weight is 750 g/mol. The Labute approximate surface area is 344 Å². The molecule has 0 aromatic heterocycles. The van der Waals surface area contributed by atoms with Crippen LogP contribution in [-0.4, -0.2) is 0 Å². The highest BCUT2D eigenvalue weighted by atomic mass is 15.1. The molecule has 0 N–H and O–H groups in total. The van der Waals surface area contributed by atoms with Crippen LogP contribution in [0.25, 0.3) is 87.6 Å². The van der Waals surface area contributed by atoms with Crippen LogP contribution in [0.1, 0.15) is 0 Å². The molecule has 11 aromatic carbocycles. The second-order valence-electron chi connectivity index (χ2n) is 15.3. The lowest BCUT2D eigenvalue weighted by Crippen LogP contribution is -2.10. The molecule has 0 bridgehead atoms. The predicted octanol–water partition coefficient (Wildman–Crippen LogP) is 16.4. The van der Waals surface area contributed by atoms with Crippen LogP contribution in [0, 0.1) is 0 Å². The van der Waals surface area contributed by atoms with Crippen molar-refractivity contribution in [3.8, 4) is 44.5 Å². The van der Waals surface area contributed by atoms with Gasteiger partial charge in [-0.25, -0.2) is 0 Å². The third-order valence-electron chi connectivity index (χ3n) is 11.8. The van der Waals surface area contributed by atoms with E-state index in [1.165, 1.54) is 87.6 Å². The van der Waals surface area contributed by atoms with E-state index in [2.05, 4.69) is 241 Å². The molecule has 0 atom stereocenters. The molecule has 1 heteroatoms. The van der Waals surface area contributed by atoms with E-state index in [4.69, 9.17) is 0 Å². The van der Waals surface area contributed by atoms with E-state index in [-0.39, 0.29) is 0 Å². The van der Waals surface area contributed by atoms with E-state index in [1.807, 2.05) is 0 Å². The summed E-state index contributed by atoms with van der Waals surface area (Å²) < 4.78 is 0. The van der Waals surface area contributed by atoms with Crippen molar-refractivity contribution in [2.45, 2.75) is 0 Å². The van der Waals surface area contributed by atoms with Crippen LogP contribution in [0.5, 0.6) is 0 Å². The van der Waals surface area contributed by atoms with Gasteiger partial charge in [-0.1, -0.05) is 194 Å². The van der Waals surface area contributed by atoms with Gasteiger partial charge in [0.2, 0.25) is 0 Å². The summed E-state index contributed by atoms with van der Waals surface area (Å²) in [5, 5.41) is 10.1. The topological polar surface area (TPSA) is 3.24 Å². The van der Waals surface area contributed by atoms with Crippen LogP contribution in [-0.2, 0) is 0 Å². The summed E-state index contributed by atoms with van der Waals surface area (Å²) in [6.45, 7) is 0. The van der Waals surface area contributed by atoms with Crippen molar-refractivity contribution in [1.82, 2.24) is 0 Å². The molecule has 0 saturated heterocycles. The normalized spacial score (nSPS) is 11.4. The molecule has 0 amide bonds. The lowest BCUT2D eigenvalue weighted by atomic mass is 9.89. The summed E-state index contributed by atoms with van der Waals surface area (Å²) >= 11 is 0. The zero-order valence-corrected chi connectivity index (χ0v) is 32.5. The second-order valence-corrected chi connectivity index (χ2v) is 15.3. The van der Waals surface area contributed by atoms with Crippen molar-refractivity contribution in [2.24, 2.45) is 0 Å². The lowest BCUT2D eigenvalue weighted by Gasteiger charge is -2.27. The lowest BCUT2D eigenvalue weighted by molar-refractivity contribution is 1.29. The Morgan fingerprint density at radius 3 is 1.27 bits per heavy atom. The fraction of sp³-hybridized carbons (Fsp3) is 0. The minimum absolute atomic E-state index is 1.10. The molecule has 0 aliphatic heterocycles. The van der Waals surface area contributed by atoms with E-state index in [0.717, 1.165) is 17.1 Å². The first kappa shape index (κ1) is 34.5. The van der Waals surface area contributed by atoms with Crippen LogP contribution in [0.4, 0.5) is 17.1 Å². The zero-order chi connectivity index (χ0) is 39.1. The maximum atomic E-state index is 2.40. The van der Waals surface area contributed by atoms with Crippen LogP contribution < -0.4 is 4.90 Å². The first-order chi connectivity index (χ1) is 29.3. The molecule has 0 heterocycles. The van der Waals surface area contributed by atoms with Crippen molar-refractivity contribution in [2.75, 3.05) is 4.90 Å². The molecule has 11 aromatic rings. The van der Waals surface area contributed by atoms with Crippen LogP contribution >= 0.6 is 0 Å². The molecule has 1 nitrogen and oxygen atoms in total. The predicted molar refractivity (Wildman–Crippen MR) is 253 cm³/mol.